The van der Waals surface area contributed by atoms with Crippen molar-refractivity contribution in [2.45, 2.75) is 6.92 Å². The lowest BCUT2D eigenvalue weighted by Crippen LogP contribution is -2.14. The SMILES string of the molecule is COC(=O)c1ccc(C(=O)Nc2nc(C)c([N+](=O)[O-])s2)c(N)c1. The lowest BCUT2D eigenvalue weighted by molar-refractivity contribution is -0.380. The number of rotatable bonds is 4. The zero-order valence-electron chi connectivity index (χ0n) is 12.2. The van der Waals surface area contributed by atoms with Crippen molar-refractivity contribution in [1.29, 1.82) is 0 Å². The average Bonchev–Trinajstić information content (AvgIpc) is 2.86. The maximum atomic E-state index is 12.2. The number of methoxy groups -OCH3 is 1. The standard InChI is InChI=1S/C13H12N4O5S/c1-6-11(17(20)21)23-13(15-6)16-10(18)8-4-3-7(5-9(8)14)12(19)22-2/h3-5H,14H2,1-2H3,(H,15,16,18). The van der Waals surface area contributed by atoms with Gasteiger partial charge in [0.05, 0.1) is 23.2 Å². The molecule has 0 spiro atoms. The van der Waals surface area contributed by atoms with Crippen LogP contribution in [0.4, 0.5) is 15.8 Å². The van der Waals surface area contributed by atoms with E-state index in [1.807, 2.05) is 0 Å². The van der Waals surface area contributed by atoms with Crippen molar-refractivity contribution in [2.75, 3.05) is 18.2 Å². The molecule has 0 radical (unpaired) electrons. The predicted molar refractivity (Wildman–Crippen MR) is 83.7 cm³/mol. The number of aromatic nitrogens is 1. The maximum absolute atomic E-state index is 12.2. The third-order valence-electron chi connectivity index (χ3n) is 2.88. The number of esters is 1. The Morgan fingerprint density at radius 3 is 2.65 bits per heavy atom. The molecule has 0 atom stereocenters. The molecule has 0 saturated heterocycles. The van der Waals surface area contributed by atoms with Gasteiger partial charge < -0.3 is 10.5 Å². The summed E-state index contributed by atoms with van der Waals surface area (Å²) < 4.78 is 4.56. The van der Waals surface area contributed by atoms with Gasteiger partial charge in [-0.25, -0.2) is 9.78 Å². The molecule has 0 aliphatic heterocycles. The molecule has 3 N–H and O–H groups in total. The van der Waals surface area contributed by atoms with Gasteiger partial charge in [0.15, 0.2) is 5.13 Å². The Kier molecular flexibility index (Phi) is 4.55. The van der Waals surface area contributed by atoms with Gasteiger partial charge in [-0.05, 0) is 36.5 Å². The lowest BCUT2D eigenvalue weighted by Gasteiger charge is -2.07. The van der Waals surface area contributed by atoms with Gasteiger partial charge in [-0.15, -0.1) is 0 Å². The second-order valence-corrected chi connectivity index (χ2v) is 5.39. The van der Waals surface area contributed by atoms with Crippen molar-refractivity contribution < 1.29 is 19.2 Å². The molecule has 0 unspecified atom stereocenters. The van der Waals surface area contributed by atoms with E-state index in [0.717, 1.165) is 11.3 Å². The third kappa shape index (κ3) is 3.43. The number of ether oxygens (including phenoxy) is 1. The number of thiazole rings is 1. The molecule has 0 aliphatic carbocycles. The van der Waals surface area contributed by atoms with E-state index in [9.17, 15) is 19.7 Å². The van der Waals surface area contributed by atoms with Crippen molar-refractivity contribution in [3.63, 3.8) is 0 Å². The van der Waals surface area contributed by atoms with Crippen molar-refractivity contribution in [2.24, 2.45) is 0 Å². The summed E-state index contributed by atoms with van der Waals surface area (Å²) >= 11 is 0.751. The molecule has 23 heavy (non-hydrogen) atoms. The second-order valence-electron chi connectivity index (χ2n) is 4.41. The first kappa shape index (κ1) is 16.4. The molecule has 1 amide bonds. The highest BCUT2D eigenvalue weighted by Crippen LogP contribution is 2.30. The minimum absolute atomic E-state index is 0.0770. The van der Waals surface area contributed by atoms with Gasteiger partial charge in [0.1, 0.15) is 5.69 Å². The van der Waals surface area contributed by atoms with Gasteiger partial charge in [-0.1, -0.05) is 0 Å². The number of carbonyl (C=O) groups excluding carboxylic acids is 2. The molecule has 1 aromatic carbocycles. The highest BCUT2D eigenvalue weighted by molar-refractivity contribution is 7.19. The van der Waals surface area contributed by atoms with Crippen molar-refractivity contribution >= 4 is 39.0 Å². The van der Waals surface area contributed by atoms with E-state index in [4.69, 9.17) is 5.73 Å². The van der Waals surface area contributed by atoms with Gasteiger partial charge in [-0.3, -0.25) is 20.2 Å². The molecule has 1 heterocycles. The number of hydrogen-bond donors (Lipinski definition) is 2. The molecule has 9 nitrogen and oxygen atoms in total. The third-order valence-corrected chi connectivity index (χ3v) is 3.90. The molecule has 0 bridgehead atoms. The van der Waals surface area contributed by atoms with E-state index in [0.29, 0.717) is 0 Å². The van der Waals surface area contributed by atoms with E-state index in [-0.39, 0.29) is 32.6 Å². The summed E-state index contributed by atoms with van der Waals surface area (Å²) in [4.78, 5) is 37.7. The van der Waals surface area contributed by atoms with Gasteiger partial charge in [-0.2, -0.15) is 0 Å². The molecular weight excluding hydrogens is 324 g/mol. The summed E-state index contributed by atoms with van der Waals surface area (Å²) in [5, 5.41) is 13.2. The van der Waals surface area contributed by atoms with Crippen LogP contribution in [0.5, 0.6) is 0 Å². The Labute approximate surface area is 134 Å². The van der Waals surface area contributed by atoms with E-state index in [2.05, 4.69) is 15.0 Å². The summed E-state index contributed by atoms with van der Waals surface area (Å²) in [5.41, 5.74) is 6.38. The zero-order valence-corrected chi connectivity index (χ0v) is 13.0. The van der Waals surface area contributed by atoms with Crippen LogP contribution in [0.2, 0.25) is 0 Å². The summed E-state index contributed by atoms with van der Waals surface area (Å²) in [5.74, 6) is -1.16. The first-order chi connectivity index (χ1) is 10.8. The zero-order chi connectivity index (χ0) is 17.1. The number of benzene rings is 1. The molecule has 1 aromatic heterocycles. The molecular formula is C13H12N4O5S. The van der Waals surface area contributed by atoms with Crippen LogP contribution in [-0.2, 0) is 4.74 Å². The molecule has 2 aromatic rings. The fourth-order valence-electron chi connectivity index (χ4n) is 1.79. The van der Waals surface area contributed by atoms with Crippen LogP contribution >= 0.6 is 11.3 Å². The van der Waals surface area contributed by atoms with Crippen molar-refractivity contribution in [3.8, 4) is 0 Å². The first-order valence-corrected chi connectivity index (χ1v) is 7.06. The number of nitrogens with two attached hydrogens (primary N) is 1. The number of amides is 1. The summed E-state index contributed by atoms with van der Waals surface area (Å²) in [6.07, 6.45) is 0. The Hall–Kier alpha value is -3.01. The van der Waals surface area contributed by atoms with Gasteiger partial charge >= 0.3 is 11.0 Å². The molecule has 120 valence electrons. The summed E-state index contributed by atoms with van der Waals surface area (Å²) in [7, 11) is 1.23. The molecule has 2 rings (SSSR count). The van der Waals surface area contributed by atoms with E-state index in [1.54, 1.807) is 0 Å². The van der Waals surface area contributed by atoms with Crippen molar-refractivity contribution in [1.82, 2.24) is 4.98 Å². The van der Waals surface area contributed by atoms with Crippen LogP contribution in [0.15, 0.2) is 18.2 Å². The predicted octanol–water partition coefficient (Wildman–Crippen LogP) is 1.98. The topological polar surface area (TPSA) is 137 Å². The Morgan fingerprint density at radius 1 is 1.43 bits per heavy atom. The van der Waals surface area contributed by atoms with Crippen LogP contribution in [0.3, 0.4) is 0 Å². The first-order valence-electron chi connectivity index (χ1n) is 6.24. The number of hydrogen-bond acceptors (Lipinski definition) is 8. The largest absolute Gasteiger partial charge is 0.465 e. The summed E-state index contributed by atoms with van der Waals surface area (Å²) in [6.45, 7) is 1.48. The highest BCUT2D eigenvalue weighted by Gasteiger charge is 2.20. The van der Waals surface area contributed by atoms with E-state index >= 15 is 0 Å². The van der Waals surface area contributed by atoms with E-state index < -0.39 is 16.8 Å². The normalized spacial score (nSPS) is 10.2. The quantitative estimate of drug-likeness (QED) is 0.377. The Morgan fingerprint density at radius 2 is 2.13 bits per heavy atom. The lowest BCUT2D eigenvalue weighted by atomic mass is 10.1. The molecule has 10 heteroatoms. The highest BCUT2D eigenvalue weighted by atomic mass is 32.1. The maximum Gasteiger partial charge on any atom is 0.348 e. The number of nitro groups is 1. The van der Waals surface area contributed by atoms with Crippen LogP contribution < -0.4 is 11.1 Å². The number of nitrogens with one attached hydrogen (secondary N) is 1. The molecule has 0 aliphatic rings. The van der Waals surface area contributed by atoms with Crippen LogP contribution in [0.25, 0.3) is 0 Å². The van der Waals surface area contributed by atoms with Gasteiger partial charge in [0.25, 0.3) is 5.91 Å². The van der Waals surface area contributed by atoms with Crippen molar-refractivity contribution in [3.05, 3.63) is 45.1 Å². The Bertz CT molecular complexity index is 802. The smallest absolute Gasteiger partial charge is 0.348 e. The number of carbonyl (C=O) groups is 2. The number of nitrogen functional groups attached to an aromatic ring is 1. The minimum atomic E-state index is -0.581. The summed E-state index contributed by atoms with van der Waals surface area (Å²) in [6, 6.07) is 4.08. The van der Waals surface area contributed by atoms with Crippen LogP contribution in [-0.4, -0.2) is 28.9 Å². The average molecular weight is 336 g/mol. The van der Waals surface area contributed by atoms with Crippen LogP contribution in [0.1, 0.15) is 26.4 Å². The van der Waals surface area contributed by atoms with Gasteiger partial charge in [0.2, 0.25) is 0 Å². The molecule has 0 saturated carbocycles. The monoisotopic (exact) mass is 336 g/mol. The fraction of sp³-hybridized carbons (Fsp3) is 0.154. The number of anilines is 2. The number of nitrogens with zero attached hydrogens (tertiary/aromatic N) is 2. The van der Waals surface area contributed by atoms with E-state index in [1.165, 1.54) is 32.2 Å². The van der Waals surface area contributed by atoms with Gasteiger partial charge in [0, 0.05) is 5.69 Å². The minimum Gasteiger partial charge on any atom is -0.465 e. The second kappa shape index (κ2) is 6.40. The fourth-order valence-corrected chi connectivity index (χ4v) is 2.57. The van der Waals surface area contributed by atoms with Crippen LogP contribution in [0, 0.1) is 17.0 Å². The molecule has 0 fully saturated rings. The number of aryl methyl sites for hydroxylation is 1. The Balaban J connectivity index is 2.22.